The average molecular weight is 709 g/mol. The van der Waals surface area contributed by atoms with Crippen molar-refractivity contribution in [2.24, 2.45) is 5.41 Å². The lowest BCUT2D eigenvalue weighted by atomic mass is 9.80. The molecule has 0 aromatic carbocycles. The molecule has 0 heterocycles. The number of carbonyl (C=O) groups is 3. The fourth-order valence-electron chi connectivity index (χ4n) is 4.43. The van der Waals surface area contributed by atoms with Gasteiger partial charge in [-0.3, -0.25) is 0 Å². The number of hydrogen-bond acceptors (Lipinski definition) is 7. The van der Waals surface area contributed by atoms with E-state index >= 15 is 0 Å². The number of aliphatic hydroxyl groups excluding tert-OH is 1. The molecule has 15 heteroatoms. The van der Waals surface area contributed by atoms with Crippen LogP contribution in [0.5, 0.6) is 0 Å². The molecule has 0 aliphatic heterocycles. The molecule has 0 atom stereocenters. The summed E-state index contributed by atoms with van der Waals surface area (Å²) in [6.45, 7) is 11.7. The predicted octanol–water partition coefficient (Wildman–Crippen LogP) is 8.55. The minimum absolute atomic E-state index is 0.0365. The lowest BCUT2D eigenvalue weighted by molar-refractivity contribution is -0.368. The van der Waals surface area contributed by atoms with Crippen LogP contribution in [-0.2, 0) is 28.6 Å². The summed E-state index contributed by atoms with van der Waals surface area (Å²) in [6, 6.07) is 0. The second-order valence-corrected chi connectivity index (χ2v) is 12.1. The Bertz CT molecular complexity index is 1080. The molecule has 278 valence electrons. The lowest BCUT2D eigenvalue weighted by Gasteiger charge is -2.38. The maximum absolute atomic E-state index is 14.8. The third-order valence-corrected chi connectivity index (χ3v) is 7.67. The summed E-state index contributed by atoms with van der Waals surface area (Å²) in [6.07, 6.45) is -2.85. The van der Waals surface area contributed by atoms with Crippen molar-refractivity contribution in [3.8, 4) is 0 Å². The highest BCUT2D eigenvalue weighted by Gasteiger charge is 2.79. The van der Waals surface area contributed by atoms with Gasteiger partial charge in [-0.2, -0.15) is 35.1 Å². The molecule has 0 spiro atoms. The Morgan fingerprint density at radius 3 is 1.42 bits per heavy atom. The summed E-state index contributed by atoms with van der Waals surface area (Å²) in [5, 5.41) is 9.05. The van der Waals surface area contributed by atoms with E-state index in [9.17, 15) is 49.5 Å². The van der Waals surface area contributed by atoms with Crippen molar-refractivity contribution in [2.45, 2.75) is 122 Å². The van der Waals surface area contributed by atoms with Gasteiger partial charge in [0.2, 0.25) is 0 Å². The van der Waals surface area contributed by atoms with Gasteiger partial charge in [-0.1, -0.05) is 65.2 Å². The zero-order valence-corrected chi connectivity index (χ0v) is 27.9. The quantitative estimate of drug-likeness (QED) is 0.0316. The highest BCUT2D eigenvalue weighted by molar-refractivity contribution is 5.88. The molecule has 0 amide bonds. The van der Waals surface area contributed by atoms with Crippen LogP contribution in [0.4, 0.5) is 35.1 Å². The van der Waals surface area contributed by atoms with Crippen LogP contribution in [0.3, 0.4) is 0 Å². The number of alkyl halides is 8. The summed E-state index contributed by atoms with van der Waals surface area (Å²) in [7, 11) is 0. The smallest absolute Gasteiger partial charge is 0.378 e. The third-order valence-electron chi connectivity index (χ3n) is 7.67. The topological polar surface area (TPSA) is 99.1 Å². The van der Waals surface area contributed by atoms with Crippen molar-refractivity contribution in [3.05, 3.63) is 36.5 Å². The molecule has 0 aromatic heterocycles. The second kappa shape index (κ2) is 19.9. The first-order chi connectivity index (χ1) is 22.0. The number of hydrogen-bond donors (Lipinski definition) is 1. The number of halogens is 8. The van der Waals surface area contributed by atoms with E-state index in [1.54, 1.807) is 0 Å². The molecule has 0 aliphatic rings. The van der Waals surface area contributed by atoms with Crippen LogP contribution in [0.25, 0.3) is 0 Å². The van der Waals surface area contributed by atoms with Gasteiger partial charge in [0, 0.05) is 29.4 Å². The van der Waals surface area contributed by atoms with Gasteiger partial charge < -0.3 is 19.3 Å². The first-order valence-corrected chi connectivity index (χ1v) is 15.7. The normalized spacial score (nSPS) is 12.8. The van der Waals surface area contributed by atoms with Crippen LogP contribution in [0.2, 0.25) is 0 Å². The van der Waals surface area contributed by atoms with E-state index in [1.165, 1.54) is 13.8 Å². The number of carbonyl (C=O) groups excluding carboxylic acids is 3. The zero-order chi connectivity index (χ0) is 37.4. The Kier molecular flexibility index (Phi) is 18.7. The van der Waals surface area contributed by atoms with E-state index in [0.717, 1.165) is 19.3 Å². The third kappa shape index (κ3) is 13.5. The van der Waals surface area contributed by atoms with Crippen molar-refractivity contribution in [3.63, 3.8) is 0 Å². The first kappa shape index (κ1) is 45.0. The van der Waals surface area contributed by atoms with Crippen molar-refractivity contribution in [1.29, 1.82) is 0 Å². The standard InChI is InChI=1S/C33H48F8O7/c1-7-8-9-10-11-12-13-16-30(34,35)32(38,39)33(40,41)31(36,37)17-14-15-29(21-47-26(43)23(2)3,22-48-27(44)24(4)5)18-19-46-28(45)25(6)20-42/h42H,2,4,6-22H2,1,3,5H3. The molecule has 0 fully saturated rings. The maximum Gasteiger partial charge on any atom is 0.378 e. The van der Waals surface area contributed by atoms with Crippen molar-refractivity contribution < 1.29 is 68.8 Å². The van der Waals surface area contributed by atoms with Crippen LogP contribution in [0.1, 0.15) is 97.8 Å². The van der Waals surface area contributed by atoms with Crippen molar-refractivity contribution in [1.82, 2.24) is 0 Å². The van der Waals surface area contributed by atoms with E-state index in [0.29, 0.717) is 12.8 Å². The van der Waals surface area contributed by atoms with Gasteiger partial charge in [0.15, 0.2) is 0 Å². The number of esters is 3. The van der Waals surface area contributed by atoms with Gasteiger partial charge in [-0.25, -0.2) is 14.4 Å². The van der Waals surface area contributed by atoms with Gasteiger partial charge in [-0.05, 0) is 39.5 Å². The second-order valence-electron chi connectivity index (χ2n) is 12.1. The maximum atomic E-state index is 14.8. The Morgan fingerprint density at radius 2 is 1.00 bits per heavy atom. The van der Waals surface area contributed by atoms with Gasteiger partial charge in [-0.15, -0.1) is 0 Å². The Labute approximate surface area is 276 Å². The Balaban J connectivity index is 6.04. The molecule has 0 aliphatic carbocycles. The molecule has 1 N–H and O–H groups in total. The summed E-state index contributed by atoms with van der Waals surface area (Å²) in [5.41, 5.74) is -2.33. The molecular formula is C33H48F8O7. The summed E-state index contributed by atoms with van der Waals surface area (Å²) >= 11 is 0. The van der Waals surface area contributed by atoms with E-state index < -0.39 is 112 Å². The van der Waals surface area contributed by atoms with E-state index in [1.807, 2.05) is 6.92 Å². The minimum Gasteiger partial charge on any atom is -0.462 e. The minimum atomic E-state index is -6.47. The molecule has 0 bridgehead atoms. The van der Waals surface area contributed by atoms with Gasteiger partial charge >= 0.3 is 41.6 Å². The monoisotopic (exact) mass is 708 g/mol. The average Bonchev–Trinajstić information content (AvgIpc) is 3.00. The van der Waals surface area contributed by atoms with Gasteiger partial charge in [0.25, 0.3) is 0 Å². The van der Waals surface area contributed by atoms with Crippen LogP contribution in [-0.4, -0.2) is 73.1 Å². The molecule has 0 unspecified atom stereocenters. The molecule has 0 radical (unpaired) electrons. The molecule has 0 rings (SSSR count). The molecular weight excluding hydrogens is 660 g/mol. The molecule has 48 heavy (non-hydrogen) atoms. The first-order valence-electron chi connectivity index (χ1n) is 15.7. The van der Waals surface area contributed by atoms with Gasteiger partial charge in [0.05, 0.1) is 18.8 Å². The summed E-state index contributed by atoms with van der Waals surface area (Å²) in [4.78, 5) is 36.2. The van der Waals surface area contributed by atoms with Crippen LogP contribution >= 0.6 is 0 Å². The van der Waals surface area contributed by atoms with E-state index in [-0.39, 0.29) is 23.1 Å². The van der Waals surface area contributed by atoms with E-state index in [4.69, 9.17) is 19.3 Å². The molecule has 0 saturated heterocycles. The van der Waals surface area contributed by atoms with Crippen LogP contribution in [0.15, 0.2) is 36.5 Å². The SMILES string of the molecule is C=C(C)C(=O)OCC(CCCC(F)(F)C(F)(F)C(F)(F)C(F)(F)CCCCCCCCC)(CCOC(=O)C(=C)CO)COC(=O)C(=C)C. The Hall–Kier alpha value is -2.97. The number of unbranched alkanes of at least 4 members (excludes halogenated alkanes) is 6. The van der Waals surface area contributed by atoms with Crippen molar-refractivity contribution in [2.75, 3.05) is 26.4 Å². The number of rotatable bonds is 26. The van der Waals surface area contributed by atoms with Crippen molar-refractivity contribution >= 4 is 17.9 Å². The largest absolute Gasteiger partial charge is 0.462 e. The lowest BCUT2D eigenvalue weighted by Crippen LogP contribution is -2.62. The Morgan fingerprint density at radius 1 is 0.583 bits per heavy atom. The van der Waals surface area contributed by atoms with Crippen LogP contribution in [0, 0.1) is 5.41 Å². The van der Waals surface area contributed by atoms with Gasteiger partial charge in [0.1, 0.15) is 13.2 Å². The summed E-state index contributed by atoms with van der Waals surface area (Å²) < 4.78 is 132. The molecule has 0 saturated carbocycles. The van der Waals surface area contributed by atoms with E-state index in [2.05, 4.69) is 19.7 Å². The number of ether oxygens (including phenoxy) is 3. The highest BCUT2D eigenvalue weighted by Crippen LogP contribution is 2.55. The molecule has 7 nitrogen and oxygen atoms in total. The highest BCUT2D eigenvalue weighted by atomic mass is 19.4. The fourth-order valence-corrected chi connectivity index (χ4v) is 4.43. The van der Waals surface area contributed by atoms with Crippen LogP contribution < -0.4 is 0 Å². The predicted molar refractivity (Wildman–Crippen MR) is 162 cm³/mol. The fraction of sp³-hybridized carbons (Fsp3) is 0.727. The summed E-state index contributed by atoms with van der Waals surface area (Å²) in [5.74, 6) is -27.0. The molecule has 0 aromatic rings. The zero-order valence-electron chi connectivity index (χ0n) is 27.9. The number of aliphatic hydroxyl groups is 1.